The second kappa shape index (κ2) is 6.64. The van der Waals surface area contributed by atoms with Crippen molar-refractivity contribution in [2.75, 3.05) is 7.11 Å². The molecule has 1 radical (unpaired) electrons. The Morgan fingerprint density at radius 1 is 1.18 bits per heavy atom. The zero-order valence-electron chi connectivity index (χ0n) is 17.9. The van der Waals surface area contributed by atoms with Crippen LogP contribution in [0.1, 0.15) is 65.4 Å². The summed E-state index contributed by atoms with van der Waals surface area (Å²) in [6.07, 6.45) is 9.44. The van der Waals surface area contributed by atoms with E-state index in [0.717, 1.165) is 23.8 Å². The number of ether oxygens (including phenoxy) is 2. The van der Waals surface area contributed by atoms with Gasteiger partial charge >= 0.3 is 5.97 Å². The Hall–Kier alpha value is -1.77. The van der Waals surface area contributed by atoms with E-state index in [4.69, 9.17) is 9.47 Å². The fourth-order valence-corrected chi connectivity index (χ4v) is 7.06. The molecule has 0 N–H and O–H groups in total. The number of fused-ring (bicyclic) bond motifs is 1. The predicted octanol–water partition coefficient (Wildman–Crippen LogP) is 5.68. The van der Waals surface area contributed by atoms with Gasteiger partial charge in [-0.2, -0.15) is 0 Å². The molecule has 1 aromatic rings. The molecule has 3 aliphatic rings. The van der Waals surface area contributed by atoms with Gasteiger partial charge in [-0.15, -0.1) is 0 Å². The van der Waals surface area contributed by atoms with E-state index in [-0.39, 0.29) is 17.0 Å². The maximum Gasteiger partial charge on any atom is 0.331 e. The molecule has 1 spiro atoms. The number of rotatable bonds is 4. The van der Waals surface area contributed by atoms with Gasteiger partial charge in [-0.3, -0.25) is 0 Å². The Morgan fingerprint density at radius 2 is 1.96 bits per heavy atom. The molecule has 0 aliphatic heterocycles. The molecule has 3 nitrogen and oxygen atoms in total. The van der Waals surface area contributed by atoms with Gasteiger partial charge < -0.3 is 9.47 Å². The zero-order chi connectivity index (χ0) is 20.2. The van der Waals surface area contributed by atoms with Gasteiger partial charge in [-0.25, -0.2) is 4.79 Å². The number of carbonyl (C=O) groups is 1. The summed E-state index contributed by atoms with van der Waals surface area (Å²) >= 11 is 0. The van der Waals surface area contributed by atoms with Gasteiger partial charge in [0.1, 0.15) is 11.4 Å². The third-order valence-electron chi connectivity index (χ3n) is 8.54. The van der Waals surface area contributed by atoms with Crippen LogP contribution in [0.4, 0.5) is 0 Å². The fourth-order valence-electron chi connectivity index (χ4n) is 7.06. The zero-order valence-corrected chi connectivity index (χ0v) is 17.9. The number of carbonyl (C=O) groups excluding carboxylic acids is 1. The highest BCUT2D eigenvalue weighted by Gasteiger charge is 2.68. The molecule has 4 rings (SSSR count). The third kappa shape index (κ3) is 2.89. The maximum atomic E-state index is 12.7. The molecule has 0 aromatic heterocycles. The monoisotopic (exact) mass is 381 g/mol. The summed E-state index contributed by atoms with van der Waals surface area (Å²) in [6.45, 7) is 9.46. The molecule has 0 saturated heterocycles. The average Bonchev–Trinajstić information content (AvgIpc) is 3.09. The van der Waals surface area contributed by atoms with E-state index >= 15 is 0 Å². The summed E-state index contributed by atoms with van der Waals surface area (Å²) in [5.74, 6) is 2.45. The van der Waals surface area contributed by atoms with Crippen LogP contribution in [-0.2, 0) is 9.53 Å². The minimum Gasteiger partial charge on any atom is -0.496 e. The van der Waals surface area contributed by atoms with E-state index in [1.807, 2.05) is 18.2 Å². The normalized spacial score (nSPS) is 38.4. The van der Waals surface area contributed by atoms with Crippen molar-refractivity contribution in [1.82, 2.24) is 0 Å². The lowest BCUT2D eigenvalue weighted by Gasteiger charge is -2.46. The number of hydrogen-bond acceptors (Lipinski definition) is 3. The van der Waals surface area contributed by atoms with Crippen molar-refractivity contribution in [3.8, 4) is 5.75 Å². The Bertz CT molecular complexity index is 777. The lowest BCUT2D eigenvalue weighted by atomic mass is 9.64. The number of methoxy groups -OCH3 is 1. The van der Waals surface area contributed by atoms with Crippen LogP contribution < -0.4 is 4.74 Å². The summed E-state index contributed by atoms with van der Waals surface area (Å²) < 4.78 is 11.3. The molecule has 0 amide bonds. The smallest absolute Gasteiger partial charge is 0.331 e. The van der Waals surface area contributed by atoms with Gasteiger partial charge in [0.2, 0.25) is 0 Å². The first-order chi connectivity index (χ1) is 13.2. The van der Waals surface area contributed by atoms with E-state index in [1.165, 1.54) is 25.7 Å². The molecular weight excluding hydrogens is 348 g/mol. The molecule has 3 heteroatoms. The van der Waals surface area contributed by atoms with Crippen LogP contribution in [-0.4, -0.2) is 18.7 Å². The Labute approximate surface area is 169 Å². The molecule has 0 heterocycles. The molecule has 5 atom stereocenters. The SMILES string of the molecule is COc1[c]cc(/C=C/C(=O)O[C@]2(C)CC[C@@]34C[C@@H]2C(C)(C)[C@@H]3CC[C@H]4C)cc1. The molecule has 0 unspecified atom stereocenters. The van der Waals surface area contributed by atoms with E-state index in [0.29, 0.717) is 17.1 Å². The highest BCUT2D eigenvalue weighted by molar-refractivity contribution is 5.87. The minimum atomic E-state index is -0.369. The molecule has 28 heavy (non-hydrogen) atoms. The fraction of sp³-hybridized carbons (Fsp3) is 0.640. The van der Waals surface area contributed by atoms with Crippen LogP contribution >= 0.6 is 0 Å². The van der Waals surface area contributed by atoms with Crippen LogP contribution in [0.3, 0.4) is 0 Å². The Morgan fingerprint density at radius 3 is 2.64 bits per heavy atom. The van der Waals surface area contributed by atoms with Crippen molar-refractivity contribution in [3.63, 3.8) is 0 Å². The van der Waals surface area contributed by atoms with Gasteiger partial charge in [0, 0.05) is 18.1 Å². The molecule has 1 aromatic carbocycles. The first-order valence-corrected chi connectivity index (χ1v) is 10.7. The van der Waals surface area contributed by atoms with Gasteiger partial charge in [0.15, 0.2) is 0 Å². The van der Waals surface area contributed by atoms with Crippen molar-refractivity contribution in [1.29, 1.82) is 0 Å². The average molecular weight is 382 g/mol. The number of hydrogen-bond donors (Lipinski definition) is 0. The van der Waals surface area contributed by atoms with Gasteiger partial charge in [0.05, 0.1) is 7.11 Å². The second-order valence-corrected chi connectivity index (χ2v) is 10.1. The van der Waals surface area contributed by atoms with Gasteiger partial charge in [0.25, 0.3) is 0 Å². The summed E-state index contributed by atoms with van der Waals surface area (Å²) in [5, 5.41) is 0. The molecule has 2 bridgehead atoms. The van der Waals surface area contributed by atoms with Crippen molar-refractivity contribution < 1.29 is 14.3 Å². The number of esters is 1. The first kappa shape index (κ1) is 19.5. The summed E-state index contributed by atoms with van der Waals surface area (Å²) in [7, 11) is 1.62. The molecule has 3 saturated carbocycles. The van der Waals surface area contributed by atoms with Crippen LogP contribution in [0.5, 0.6) is 5.75 Å². The van der Waals surface area contributed by atoms with Crippen molar-refractivity contribution >= 4 is 12.0 Å². The number of benzene rings is 1. The predicted molar refractivity (Wildman–Crippen MR) is 111 cm³/mol. The second-order valence-electron chi connectivity index (χ2n) is 10.1. The van der Waals surface area contributed by atoms with Crippen LogP contribution in [0.15, 0.2) is 24.3 Å². The highest BCUT2D eigenvalue weighted by atomic mass is 16.6. The molecule has 151 valence electrons. The topological polar surface area (TPSA) is 35.5 Å². The van der Waals surface area contributed by atoms with E-state index in [2.05, 4.69) is 33.8 Å². The van der Waals surface area contributed by atoms with Crippen LogP contribution in [0.25, 0.3) is 6.08 Å². The van der Waals surface area contributed by atoms with Crippen molar-refractivity contribution in [2.24, 2.45) is 28.6 Å². The molecular formula is C25H33O3. The van der Waals surface area contributed by atoms with E-state index in [1.54, 1.807) is 19.3 Å². The largest absolute Gasteiger partial charge is 0.496 e. The van der Waals surface area contributed by atoms with Crippen LogP contribution in [0, 0.1) is 34.7 Å². The quantitative estimate of drug-likeness (QED) is 0.497. The van der Waals surface area contributed by atoms with Crippen LogP contribution in [0.2, 0.25) is 0 Å². The van der Waals surface area contributed by atoms with E-state index in [9.17, 15) is 4.79 Å². The summed E-state index contributed by atoms with van der Waals surface area (Å²) in [6, 6.07) is 8.60. The third-order valence-corrected chi connectivity index (χ3v) is 8.54. The summed E-state index contributed by atoms with van der Waals surface area (Å²) in [4.78, 5) is 12.7. The van der Waals surface area contributed by atoms with Gasteiger partial charge in [-0.1, -0.05) is 26.8 Å². The highest BCUT2D eigenvalue weighted by Crippen LogP contribution is 2.73. The van der Waals surface area contributed by atoms with Crippen molar-refractivity contribution in [2.45, 2.75) is 65.4 Å². The van der Waals surface area contributed by atoms with E-state index < -0.39 is 0 Å². The lowest BCUT2D eigenvalue weighted by Crippen LogP contribution is -2.47. The van der Waals surface area contributed by atoms with Crippen molar-refractivity contribution in [3.05, 3.63) is 35.9 Å². The lowest BCUT2D eigenvalue weighted by molar-refractivity contribution is -0.167. The molecule has 3 fully saturated rings. The Kier molecular flexibility index (Phi) is 4.63. The molecule has 3 aliphatic carbocycles. The first-order valence-electron chi connectivity index (χ1n) is 10.7. The van der Waals surface area contributed by atoms with Gasteiger partial charge in [-0.05, 0) is 85.5 Å². The Balaban J connectivity index is 1.48. The maximum absolute atomic E-state index is 12.7. The summed E-state index contributed by atoms with van der Waals surface area (Å²) in [5.41, 5.74) is 1.25. The minimum absolute atomic E-state index is 0.227. The standard InChI is InChI=1S/C25H33O3/c1-17-6-12-20-23(2,3)21-16-25(17,20)15-14-24(21,4)28-22(26)13-9-18-7-10-19(27-5)11-8-18/h7-10,13,17,20-21H,6,12,14-16H2,1-5H3/b13-9+/t17-,20+,21-,24-,25+/m1/s1.